The van der Waals surface area contributed by atoms with Gasteiger partial charge in [0.2, 0.25) is 5.91 Å². The van der Waals surface area contributed by atoms with E-state index in [-0.39, 0.29) is 0 Å². The van der Waals surface area contributed by atoms with Crippen LogP contribution in [0.5, 0.6) is 0 Å². The summed E-state index contributed by atoms with van der Waals surface area (Å²) in [5.74, 6) is -5.35. The molecule has 2 aliphatic heterocycles. The SMILES string of the molecule is CC(=O)N[C@@H]1[C@@H](OC(C)=O)[C@H](O[C@@H]2O[C@H](COC(C)=O)[C@H](OC(C)=O)[C@H](OC(C)=O)[C@H]2OC(C)=O)[C@@H](COS(=O)(=O)O)O[C@H]1O. The molecule has 2 heterocycles. The van der Waals surface area contributed by atoms with Gasteiger partial charge in [0, 0.05) is 41.5 Å². The highest BCUT2D eigenvalue weighted by molar-refractivity contribution is 7.80. The molecule has 0 unspecified atom stereocenters. The average Bonchev–Trinajstić information content (AvgIpc) is 2.87. The molecule has 256 valence electrons. The fourth-order valence-electron chi connectivity index (χ4n) is 4.54. The molecule has 20 nitrogen and oxygen atoms in total. The number of hydrogen-bond acceptors (Lipinski definition) is 18. The van der Waals surface area contributed by atoms with Crippen LogP contribution in [0.1, 0.15) is 41.5 Å². The number of nitrogens with one attached hydrogen (secondary N) is 1. The standard InChI is InChI=1S/C24H35NO19S/c1-9(26)25-17-20(39-12(4)29)18(16(42-23(17)32)8-37-45(33,34)35)44-24-22(41-14(6)31)21(40-13(5)30)19(38-11(3)28)15(43-24)7-36-10(2)27/h15-24,32H,7-8H2,1-6H3,(H,25,26)(H,33,34,35)/t15-,16-,17-,18-,19+,20-,21+,22-,23-,24+/m1/s1. The van der Waals surface area contributed by atoms with Crippen molar-refractivity contribution in [2.45, 2.75) is 103 Å². The van der Waals surface area contributed by atoms with Gasteiger partial charge in [0.15, 0.2) is 37.0 Å². The minimum atomic E-state index is -5.11. The normalized spacial score (nSPS) is 31.6. The Morgan fingerprint density at radius 1 is 0.667 bits per heavy atom. The number of hydrogen-bond donors (Lipinski definition) is 3. The molecule has 0 aliphatic carbocycles. The van der Waals surface area contributed by atoms with Crippen LogP contribution in [-0.4, -0.2) is 128 Å². The van der Waals surface area contributed by atoms with E-state index in [1.807, 2.05) is 0 Å². The number of aliphatic hydroxyl groups excluding tert-OH is 1. The van der Waals surface area contributed by atoms with Gasteiger partial charge in [0.1, 0.15) is 31.0 Å². The predicted molar refractivity (Wildman–Crippen MR) is 138 cm³/mol. The second-order valence-corrected chi connectivity index (χ2v) is 10.8. The van der Waals surface area contributed by atoms with Gasteiger partial charge in [0.25, 0.3) is 0 Å². The summed E-state index contributed by atoms with van der Waals surface area (Å²) in [7, 11) is -5.11. The van der Waals surface area contributed by atoms with E-state index in [4.69, 9.17) is 42.4 Å². The highest BCUT2D eigenvalue weighted by atomic mass is 32.3. The third kappa shape index (κ3) is 11.8. The van der Waals surface area contributed by atoms with Crippen LogP contribution in [0.4, 0.5) is 0 Å². The van der Waals surface area contributed by atoms with Crippen LogP contribution in [0.2, 0.25) is 0 Å². The van der Waals surface area contributed by atoms with Crippen molar-refractivity contribution in [2.75, 3.05) is 13.2 Å². The maximum atomic E-state index is 12.2. The maximum Gasteiger partial charge on any atom is 0.397 e. The first kappa shape index (κ1) is 37.7. The van der Waals surface area contributed by atoms with E-state index in [0.717, 1.165) is 41.5 Å². The van der Waals surface area contributed by atoms with Gasteiger partial charge >= 0.3 is 40.2 Å². The lowest BCUT2D eigenvalue weighted by Crippen LogP contribution is -2.68. The molecular formula is C24H35NO19S. The molecule has 2 aliphatic rings. The van der Waals surface area contributed by atoms with E-state index in [0.29, 0.717) is 0 Å². The zero-order valence-electron chi connectivity index (χ0n) is 24.9. The number of aliphatic hydroxyl groups is 1. The smallest absolute Gasteiger partial charge is 0.397 e. The Bertz CT molecular complexity index is 1220. The maximum absolute atomic E-state index is 12.2. The van der Waals surface area contributed by atoms with Gasteiger partial charge in [-0.25, -0.2) is 4.18 Å². The number of amides is 1. The van der Waals surface area contributed by atoms with Crippen molar-refractivity contribution in [3.63, 3.8) is 0 Å². The van der Waals surface area contributed by atoms with Crippen LogP contribution in [0.25, 0.3) is 0 Å². The Hall–Kier alpha value is -3.47. The number of ether oxygens (including phenoxy) is 8. The molecule has 0 spiro atoms. The molecule has 2 saturated heterocycles. The van der Waals surface area contributed by atoms with Crippen LogP contribution in [-0.2, 0) is 81.2 Å². The molecule has 45 heavy (non-hydrogen) atoms. The molecule has 3 N–H and O–H groups in total. The zero-order valence-corrected chi connectivity index (χ0v) is 25.7. The monoisotopic (exact) mass is 673 g/mol. The number of carbonyl (C=O) groups excluding carboxylic acids is 6. The first-order valence-electron chi connectivity index (χ1n) is 13.1. The van der Waals surface area contributed by atoms with Crippen LogP contribution < -0.4 is 5.32 Å². The molecule has 0 aromatic heterocycles. The molecular weight excluding hydrogens is 638 g/mol. The van der Waals surface area contributed by atoms with Gasteiger partial charge in [-0.3, -0.25) is 33.3 Å². The van der Waals surface area contributed by atoms with Gasteiger partial charge in [-0.2, -0.15) is 8.42 Å². The lowest BCUT2D eigenvalue weighted by atomic mass is 9.95. The molecule has 2 fully saturated rings. The van der Waals surface area contributed by atoms with Crippen molar-refractivity contribution >= 4 is 46.2 Å². The summed E-state index contributed by atoms with van der Waals surface area (Å²) in [6.45, 7) is 4.32. The predicted octanol–water partition coefficient (Wildman–Crippen LogP) is -2.57. The minimum Gasteiger partial charge on any atom is -0.463 e. The number of esters is 5. The van der Waals surface area contributed by atoms with Crippen molar-refractivity contribution in [1.29, 1.82) is 0 Å². The zero-order chi connectivity index (χ0) is 34.2. The lowest BCUT2D eigenvalue weighted by Gasteiger charge is -2.48. The topological polar surface area (TPSA) is 272 Å². The Balaban J connectivity index is 2.69. The largest absolute Gasteiger partial charge is 0.463 e. The molecule has 10 atom stereocenters. The van der Waals surface area contributed by atoms with Crippen molar-refractivity contribution in [3.05, 3.63) is 0 Å². The Labute approximate surface area is 256 Å². The minimum absolute atomic E-state index is 0.630. The lowest BCUT2D eigenvalue weighted by molar-refractivity contribution is -0.347. The van der Waals surface area contributed by atoms with Crippen LogP contribution in [0, 0.1) is 0 Å². The Morgan fingerprint density at radius 3 is 1.64 bits per heavy atom. The molecule has 0 aromatic carbocycles. The van der Waals surface area contributed by atoms with Gasteiger partial charge in [-0.1, -0.05) is 0 Å². The second-order valence-electron chi connectivity index (χ2n) is 9.75. The molecule has 0 aromatic rings. The Morgan fingerprint density at radius 2 is 1.16 bits per heavy atom. The summed E-state index contributed by atoms with van der Waals surface area (Å²) in [4.78, 5) is 71.9. The number of carbonyl (C=O) groups is 6. The van der Waals surface area contributed by atoms with E-state index in [1.165, 1.54) is 0 Å². The molecule has 21 heteroatoms. The second kappa shape index (κ2) is 16.2. The highest BCUT2D eigenvalue weighted by Crippen LogP contribution is 2.34. The summed E-state index contributed by atoms with van der Waals surface area (Å²) in [6.07, 6.45) is -15.6. The molecule has 2 rings (SSSR count). The van der Waals surface area contributed by atoms with E-state index in [1.54, 1.807) is 0 Å². The number of rotatable bonds is 12. The summed E-state index contributed by atoms with van der Waals surface area (Å²) in [5, 5.41) is 12.9. The fourth-order valence-corrected chi connectivity index (χ4v) is 4.85. The van der Waals surface area contributed by atoms with Gasteiger partial charge in [0.05, 0.1) is 6.61 Å². The van der Waals surface area contributed by atoms with Crippen LogP contribution in [0.15, 0.2) is 0 Å². The van der Waals surface area contributed by atoms with E-state index in [2.05, 4.69) is 9.50 Å². The van der Waals surface area contributed by atoms with Crippen LogP contribution in [0.3, 0.4) is 0 Å². The van der Waals surface area contributed by atoms with Gasteiger partial charge in [-0.05, 0) is 0 Å². The summed E-state index contributed by atoms with van der Waals surface area (Å²) < 4.78 is 79.7. The Kier molecular flexibility index (Phi) is 13.6. The van der Waals surface area contributed by atoms with E-state index >= 15 is 0 Å². The van der Waals surface area contributed by atoms with Crippen molar-refractivity contribution in [1.82, 2.24) is 5.32 Å². The van der Waals surface area contributed by atoms with Crippen molar-refractivity contribution in [2.24, 2.45) is 0 Å². The third-order valence-corrected chi connectivity index (χ3v) is 6.39. The highest BCUT2D eigenvalue weighted by Gasteiger charge is 2.56. The van der Waals surface area contributed by atoms with Gasteiger partial charge in [-0.15, -0.1) is 0 Å². The fraction of sp³-hybridized carbons (Fsp3) is 0.750. The van der Waals surface area contributed by atoms with Gasteiger partial charge < -0.3 is 48.3 Å². The molecule has 0 radical (unpaired) electrons. The summed E-state index contributed by atoms with van der Waals surface area (Å²) in [6, 6.07) is -1.57. The average molecular weight is 674 g/mol. The summed E-state index contributed by atoms with van der Waals surface area (Å²) >= 11 is 0. The summed E-state index contributed by atoms with van der Waals surface area (Å²) in [5.41, 5.74) is 0. The van der Waals surface area contributed by atoms with Crippen molar-refractivity contribution < 1.29 is 88.9 Å². The first-order valence-corrected chi connectivity index (χ1v) is 14.5. The first-order chi connectivity index (χ1) is 20.8. The van der Waals surface area contributed by atoms with Crippen LogP contribution >= 0.6 is 0 Å². The van der Waals surface area contributed by atoms with E-state index < -0.39 is 121 Å². The molecule has 0 bridgehead atoms. The van der Waals surface area contributed by atoms with Crippen molar-refractivity contribution in [3.8, 4) is 0 Å². The van der Waals surface area contributed by atoms with E-state index in [9.17, 15) is 42.3 Å². The quantitative estimate of drug-likeness (QED) is 0.109. The molecule has 1 amide bonds. The third-order valence-electron chi connectivity index (χ3n) is 5.96. The molecule has 0 saturated carbocycles.